The molecule has 1 aromatic heterocycles. The van der Waals surface area contributed by atoms with E-state index in [1.165, 1.54) is 0 Å². The Labute approximate surface area is 55.0 Å². The van der Waals surface area contributed by atoms with Crippen LogP contribution in [0.3, 0.4) is 0 Å². The van der Waals surface area contributed by atoms with Crippen LogP contribution in [-0.4, -0.2) is 9.97 Å². The summed E-state index contributed by atoms with van der Waals surface area (Å²) in [6, 6.07) is 0. The first-order valence-electron chi connectivity index (χ1n) is 2.76. The Kier molecular flexibility index (Phi) is 1.47. The van der Waals surface area contributed by atoms with Gasteiger partial charge in [0.05, 0.1) is 0 Å². The van der Waals surface area contributed by atoms with Gasteiger partial charge < -0.3 is 0 Å². The van der Waals surface area contributed by atoms with Crippen molar-refractivity contribution in [2.75, 3.05) is 0 Å². The zero-order valence-corrected chi connectivity index (χ0v) is 5.55. The quantitative estimate of drug-likeness (QED) is 0.513. The number of rotatable bonds is 0. The van der Waals surface area contributed by atoms with Gasteiger partial charge in [0.2, 0.25) is 0 Å². The lowest BCUT2D eigenvalue weighted by Gasteiger charge is -1.96. The van der Waals surface area contributed by atoms with Crippen molar-refractivity contribution in [3.8, 4) is 0 Å². The van der Waals surface area contributed by atoms with Crippen molar-refractivity contribution < 1.29 is 0 Å². The Morgan fingerprint density at radius 3 is 2.56 bits per heavy atom. The second-order valence-electron chi connectivity index (χ2n) is 2.00. The standard InChI is InChI=1S/C7H8N2/c1-5-4-8-7(3)9-6(5)2/h3-4H,1-2H3. The number of hydrogen-bond acceptors (Lipinski definition) is 2. The van der Waals surface area contributed by atoms with Gasteiger partial charge >= 0.3 is 0 Å². The van der Waals surface area contributed by atoms with E-state index in [1.54, 1.807) is 6.20 Å². The molecule has 0 amide bonds. The average Bonchev–Trinajstić information content (AvgIpc) is 1.80. The van der Waals surface area contributed by atoms with Crippen LogP contribution < -0.4 is 0 Å². The molecule has 46 valence electrons. The zero-order valence-electron chi connectivity index (χ0n) is 5.55. The van der Waals surface area contributed by atoms with Gasteiger partial charge in [-0.3, -0.25) is 0 Å². The van der Waals surface area contributed by atoms with Crippen molar-refractivity contribution in [3.63, 3.8) is 0 Å². The smallest absolute Gasteiger partial charge is 0.133 e. The summed E-state index contributed by atoms with van der Waals surface area (Å²) in [7, 11) is 0. The molecule has 0 aliphatic heterocycles. The van der Waals surface area contributed by atoms with Crippen molar-refractivity contribution in [3.05, 3.63) is 30.2 Å². The lowest BCUT2D eigenvalue weighted by atomic mass is 10.3. The normalized spacial score (nSPS) is 9.67. The summed E-state index contributed by atoms with van der Waals surface area (Å²) in [5, 5.41) is 0. The topological polar surface area (TPSA) is 25.8 Å². The van der Waals surface area contributed by atoms with Crippen LogP contribution >= 0.6 is 0 Å². The fourth-order valence-electron chi connectivity index (χ4n) is 0.545. The SMILES string of the molecule is [CH]c1ncc(C)c(C)n1. The number of aromatic nitrogens is 2. The molecule has 0 fully saturated rings. The monoisotopic (exact) mass is 120 g/mol. The molecule has 1 aromatic rings. The van der Waals surface area contributed by atoms with E-state index in [0.29, 0.717) is 5.82 Å². The molecule has 0 N–H and O–H groups in total. The third kappa shape index (κ3) is 1.25. The van der Waals surface area contributed by atoms with E-state index in [4.69, 9.17) is 6.92 Å². The first-order valence-corrected chi connectivity index (χ1v) is 2.76. The minimum Gasteiger partial charge on any atom is -0.241 e. The van der Waals surface area contributed by atoms with E-state index >= 15 is 0 Å². The minimum atomic E-state index is 0.345. The third-order valence-electron chi connectivity index (χ3n) is 1.24. The van der Waals surface area contributed by atoms with Gasteiger partial charge in [-0.25, -0.2) is 9.97 Å². The predicted molar refractivity (Wildman–Crippen MR) is 34.9 cm³/mol. The van der Waals surface area contributed by atoms with Crippen LogP contribution in [0.5, 0.6) is 0 Å². The van der Waals surface area contributed by atoms with Gasteiger partial charge in [0, 0.05) is 18.8 Å². The van der Waals surface area contributed by atoms with Crippen LogP contribution in [0.2, 0.25) is 0 Å². The Balaban J connectivity index is 3.17. The molecule has 0 aromatic carbocycles. The maximum absolute atomic E-state index is 5.31. The largest absolute Gasteiger partial charge is 0.241 e. The molecule has 0 aliphatic rings. The predicted octanol–water partition coefficient (Wildman–Crippen LogP) is 1.15. The second-order valence-corrected chi connectivity index (χ2v) is 2.00. The van der Waals surface area contributed by atoms with Crippen LogP contribution in [0.15, 0.2) is 6.20 Å². The summed E-state index contributed by atoms with van der Waals surface area (Å²) in [6.07, 6.45) is 1.72. The lowest BCUT2D eigenvalue weighted by Crippen LogP contribution is -1.92. The molecule has 0 saturated carbocycles. The first-order chi connectivity index (χ1) is 4.20. The highest BCUT2D eigenvalue weighted by Gasteiger charge is 1.92. The second kappa shape index (κ2) is 2.13. The molecule has 1 rings (SSSR count). The van der Waals surface area contributed by atoms with Gasteiger partial charge in [-0.15, -0.1) is 0 Å². The van der Waals surface area contributed by atoms with Crippen molar-refractivity contribution in [2.45, 2.75) is 13.8 Å². The fourth-order valence-corrected chi connectivity index (χ4v) is 0.545. The van der Waals surface area contributed by atoms with Crippen LogP contribution in [0.1, 0.15) is 17.1 Å². The summed E-state index contributed by atoms with van der Waals surface area (Å²) in [5.74, 6) is 0.345. The van der Waals surface area contributed by atoms with Crippen molar-refractivity contribution in [1.82, 2.24) is 9.97 Å². The molecule has 1 heterocycles. The van der Waals surface area contributed by atoms with Gasteiger partial charge in [-0.05, 0) is 19.4 Å². The minimum absolute atomic E-state index is 0.345. The van der Waals surface area contributed by atoms with Gasteiger partial charge in [-0.1, -0.05) is 0 Å². The van der Waals surface area contributed by atoms with Gasteiger partial charge in [0.15, 0.2) is 0 Å². The van der Waals surface area contributed by atoms with Crippen LogP contribution in [0.25, 0.3) is 0 Å². The molecule has 0 bridgehead atoms. The van der Waals surface area contributed by atoms with E-state index in [1.807, 2.05) is 13.8 Å². The molecule has 2 radical (unpaired) electrons. The van der Waals surface area contributed by atoms with Crippen LogP contribution in [0, 0.1) is 20.8 Å². The van der Waals surface area contributed by atoms with Gasteiger partial charge in [0.25, 0.3) is 0 Å². The molecule has 0 atom stereocenters. The van der Waals surface area contributed by atoms with Crippen molar-refractivity contribution >= 4 is 0 Å². The van der Waals surface area contributed by atoms with E-state index in [-0.39, 0.29) is 0 Å². The maximum Gasteiger partial charge on any atom is 0.133 e. The van der Waals surface area contributed by atoms with Crippen molar-refractivity contribution in [1.29, 1.82) is 0 Å². The lowest BCUT2D eigenvalue weighted by molar-refractivity contribution is 1.02. The van der Waals surface area contributed by atoms with E-state index in [9.17, 15) is 0 Å². The Morgan fingerprint density at radius 2 is 2.11 bits per heavy atom. The molecule has 0 saturated heterocycles. The van der Waals surface area contributed by atoms with Gasteiger partial charge in [0.1, 0.15) is 5.82 Å². The highest BCUT2D eigenvalue weighted by Crippen LogP contribution is 1.99. The Morgan fingerprint density at radius 1 is 1.44 bits per heavy atom. The molecule has 0 unspecified atom stereocenters. The molecule has 0 aliphatic carbocycles. The summed E-state index contributed by atoms with van der Waals surface area (Å²) >= 11 is 0. The molecule has 9 heavy (non-hydrogen) atoms. The van der Waals surface area contributed by atoms with Gasteiger partial charge in [-0.2, -0.15) is 0 Å². The summed E-state index contributed by atoms with van der Waals surface area (Å²) in [4.78, 5) is 7.75. The molecular weight excluding hydrogens is 112 g/mol. The van der Waals surface area contributed by atoms with E-state index in [2.05, 4.69) is 9.97 Å². The summed E-state index contributed by atoms with van der Waals surface area (Å²) in [5.41, 5.74) is 2.02. The average molecular weight is 120 g/mol. The highest BCUT2D eigenvalue weighted by atomic mass is 14.9. The summed E-state index contributed by atoms with van der Waals surface area (Å²) < 4.78 is 0. The number of aryl methyl sites for hydroxylation is 2. The van der Waals surface area contributed by atoms with Crippen molar-refractivity contribution in [2.24, 2.45) is 0 Å². The van der Waals surface area contributed by atoms with Crippen LogP contribution in [-0.2, 0) is 0 Å². The maximum atomic E-state index is 5.31. The molecular formula is C7H8N2. The fraction of sp³-hybridized carbons (Fsp3) is 0.286. The Hall–Kier alpha value is -0.920. The number of nitrogens with zero attached hydrogens (tertiary/aromatic N) is 2. The zero-order chi connectivity index (χ0) is 6.85. The molecule has 2 nitrogen and oxygen atoms in total. The highest BCUT2D eigenvalue weighted by molar-refractivity contribution is 5.14. The van der Waals surface area contributed by atoms with Crippen LogP contribution in [0.4, 0.5) is 0 Å². The molecule has 0 spiro atoms. The Bertz CT molecular complexity index is 218. The van der Waals surface area contributed by atoms with E-state index in [0.717, 1.165) is 11.3 Å². The summed E-state index contributed by atoms with van der Waals surface area (Å²) in [6.45, 7) is 9.17. The third-order valence-corrected chi connectivity index (χ3v) is 1.24. The first kappa shape index (κ1) is 6.20. The molecule has 2 heteroatoms. The number of hydrogen-bond donors (Lipinski definition) is 0. The van der Waals surface area contributed by atoms with E-state index < -0.39 is 0 Å².